The molecule has 1 saturated carbocycles. The average molecular weight is 326 g/mol. The monoisotopic (exact) mass is 326 g/mol. The molecule has 7 heteroatoms. The van der Waals surface area contributed by atoms with E-state index in [-0.39, 0.29) is 16.7 Å². The van der Waals surface area contributed by atoms with Crippen LogP contribution in [0, 0.1) is 5.92 Å². The van der Waals surface area contributed by atoms with Crippen LogP contribution in [0.2, 0.25) is 0 Å². The second-order valence-electron chi connectivity index (χ2n) is 5.91. The van der Waals surface area contributed by atoms with E-state index in [1.165, 1.54) is 0 Å². The van der Waals surface area contributed by atoms with E-state index in [1.807, 2.05) is 19.0 Å². The third kappa shape index (κ3) is 4.28. The Balaban J connectivity index is 1.93. The van der Waals surface area contributed by atoms with Crippen molar-refractivity contribution in [3.05, 3.63) is 29.8 Å². The van der Waals surface area contributed by atoms with Crippen LogP contribution in [0.5, 0.6) is 0 Å². The zero-order valence-electron chi connectivity index (χ0n) is 12.8. The van der Waals surface area contributed by atoms with Crippen LogP contribution >= 0.6 is 0 Å². The lowest BCUT2D eigenvalue weighted by Gasteiger charge is -2.10. The van der Waals surface area contributed by atoms with Gasteiger partial charge < -0.3 is 10.0 Å². The van der Waals surface area contributed by atoms with Gasteiger partial charge in [0.15, 0.2) is 0 Å². The van der Waals surface area contributed by atoms with Gasteiger partial charge >= 0.3 is 5.97 Å². The molecule has 0 heterocycles. The third-order valence-corrected chi connectivity index (χ3v) is 5.28. The average Bonchev–Trinajstić information content (AvgIpc) is 3.24. The first-order chi connectivity index (χ1) is 10.3. The SMILES string of the molecule is CN(C)CCCNS(=O)(=O)c1ccc(C2CC2C(=O)O)cc1. The smallest absolute Gasteiger partial charge is 0.307 e. The Morgan fingerprint density at radius 3 is 2.45 bits per heavy atom. The molecule has 2 atom stereocenters. The number of rotatable bonds is 8. The summed E-state index contributed by atoms with van der Waals surface area (Å²) in [6, 6.07) is 6.51. The molecule has 1 aliphatic carbocycles. The van der Waals surface area contributed by atoms with E-state index in [0.29, 0.717) is 13.0 Å². The highest BCUT2D eigenvalue weighted by Gasteiger charge is 2.44. The molecule has 1 aromatic rings. The Kier molecular flexibility index (Phi) is 5.20. The van der Waals surface area contributed by atoms with Gasteiger partial charge in [-0.15, -0.1) is 0 Å². The summed E-state index contributed by atoms with van der Waals surface area (Å²) < 4.78 is 26.8. The second-order valence-corrected chi connectivity index (χ2v) is 7.68. The highest BCUT2D eigenvalue weighted by atomic mass is 32.2. The van der Waals surface area contributed by atoms with Gasteiger partial charge in [-0.3, -0.25) is 4.79 Å². The van der Waals surface area contributed by atoms with Crippen molar-refractivity contribution in [2.75, 3.05) is 27.2 Å². The predicted molar refractivity (Wildman–Crippen MR) is 83.3 cm³/mol. The summed E-state index contributed by atoms with van der Waals surface area (Å²) in [4.78, 5) is 13.1. The maximum atomic E-state index is 12.1. The van der Waals surface area contributed by atoms with Gasteiger partial charge in [0.25, 0.3) is 0 Å². The van der Waals surface area contributed by atoms with Gasteiger partial charge in [-0.1, -0.05) is 12.1 Å². The standard InChI is InChI=1S/C15H22N2O4S/c1-17(2)9-3-8-16-22(20,21)12-6-4-11(5-7-12)13-10-14(13)15(18)19/h4-7,13-14,16H,3,8-10H2,1-2H3,(H,18,19). The van der Waals surface area contributed by atoms with E-state index < -0.39 is 16.0 Å². The molecule has 0 spiro atoms. The number of nitrogens with zero attached hydrogens (tertiary/aromatic N) is 1. The number of aliphatic carboxylic acids is 1. The predicted octanol–water partition coefficient (Wildman–Crippen LogP) is 1.10. The topological polar surface area (TPSA) is 86.7 Å². The third-order valence-electron chi connectivity index (χ3n) is 3.80. The Bertz CT molecular complexity index is 625. The van der Waals surface area contributed by atoms with Crippen LogP contribution in [0.25, 0.3) is 0 Å². The molecule has 1 aromatic carbocycles. The van der Waals surface area contributed by atoms with E-state index in [1.54, 1.807) is 24.3 Å². The molecule has 2 rings (SSSR count). The Morgan fingerprint density at radius 1 is 1.32 bits per heavy atom. The van der Waals surface area contributed by atoms with Gasteiger partial charge in [0.1, 0.15) is 0 Å². The lowest BCUT2D eigenvalue weighted by Crippen LogP contribution is -2.27. The number of carboxylic acid groups (broad SMARTS) is 1. The summed E-state index contributed by atoms with van der Waals surface area (Å²) in [7, 11) is 0.385. The quantitative estimate of drug-likeness (QED) is 0.699. The van der Waals surface area contributed by atoms with Crippen molar-refractivity contribution in [1.82, 2.24) is 9.62 Å². The molecule has 2 unspecified atom stereocenters. The number of sulfonamides is 1. The van der Waals surface area contributed by atoms with E-state index in [9.17, 15) is 13.2 Å². The van der Waals surface area contributed by atoms with Crippen LogP contribution in [-0.4, -0.2) is 51.6 Å². The van der Waals surface area contributed by atoms with Crippen LogP contribution in [0.3, 0.4) is 0 Å². The number of hydrogen-bond donors (Lipinski definition) is 2. The van der Waals surface area contributed by atoms with Crippen molar-refractivity contribution < 1.29 is 18.3 Å². The first-order valence-electron chi connectivity index (χ1n) is 7.28. The number of benzene rings is 1. The molecule has 0 amide bonds. The van der Waals surface area contributed by atoms with Gasteiger partial charge in [-0.25, -0.2) is 13.1 Å². The van der Waals surface area contributed by atoms with E-state index >= 15 is 0 Å². The number of carboxylic acids is 1. The Labute approximate surface area is 131 Å². The molecular weight excluding hydrogens is 304 g/mol. The first-order valence-corrected chi connectivity index (χ1v) is 8.77. The van der Waals surface area contributed by atoms with Crippen LogP contribution in [0.4, 0.5) is 0 Å². The summed E-state index contributed by atoms with van der Waals surface area (Å²) in [5.41, 5.74) is 0.888. The lowest BCUT2D eigenvalue weighted by atomic mass is 10.1. The second kappa shape index (κ2) is 6.76. The molecule has 122 valence electrons. The summed E-state index contributed by atoms with van der Waals surface area (Å²) in [5, 5.41) is 8.92. The fourth-order valence-electron chi connectivity index (χ4n) is 2.42. The van der Waals surface area contributed by atoms with Crippen molar-refractivity contribution >= 4 is 16.0 Å². The molecular formula is C15H22N2O4S. The minimum Gasteiger partial charge on any atom is -0.481 e. The van der Waals surface area contributed by atoms with Crippen LogP contribution in [0.1, 0.15) is 24.3 Å². The maximum Gasteiger partial charge on any atom is 0.307 e. The number of hydrogen-bond acceptors (Lipinski definition) is 4. The number of nitrogens with one attached hydrogen (secondary N) is 1. The van der Waals surface area contributed by atoms with Crippen LogP contribution < -0.4 is 4.72 Å². The fraction of sp³-hybridized carbons (Fsp3) is 0.533. The van der Waals surface area contributed by atoms with Gasteiger partial charge in [-0.05, 0) is 57.1 Å². The van der Waals surface area contributed by atoms with Crippen molar-refractivity contribution in [3.8, 4) is 0 Å². The molecule has 0 radical (unpaired) electrons. The molecule has 6 nitrogen and oxygen atoms in total. The van der Waals surface area contributed by atoms with Crippen molar-refractivity contribution in [1.29, 1.82) is 0 Å². The van der Waals surface area contributed by atoms with E-state index in [4.69, 9.17) is 5.11 Å². The normalized spacial score (nSPS) is 21.0. The largest absolute Gasteiger partial charge is 0.481 e. The molecule has 1 aliphatic rings. The van der Waals surface area contributed by atoms with Crippen molar-refractivity contribution in [2.45, 2.75) is 23.7 Å². The zero-order valence-corrected chi connectivity index (χ0v) is 13.6. The Hall–Kier alpha value is -1.44. The highest BCUT2D eigenvalue weighted by molar-refractivity contribution is 7.89. The van der Waals surface area contributed by atoms with Crippen molar-refractivity contribution in [2.24, 2.45) is 5.92 Å². The van der Waals surface area contributed by atoms with Gasteiger partial charge in [0, 0.05) is 6.54 Å². The minimum absolute atomic E-state index is 0.0160. The summed E-state index contributed by atoms with van der Waals surface area (Å²) in [6.07, 6.45) is 1.37. The minimum atomic E-state index is -3.49. The van der Waals surface area contributed by atoms with E-state index in [2.05, 4.69) is 4.72 Å². The Morgan fingerprint density at radius 2 is 1.95 bits per heavy atom. The van der Waals surface area contributed by atoms with Gasteiger partial charge in [0.05, 0.1) is 10.8 Å². The van der Waals surface area contributed by atoms with E-state index in [0.717, 1.165) is 18.5 Å². The van der Waals surface area contributed by atoms with Crippen molar-refractivity contribution in [3.63, 3.8) is 0 Å². The molecule has 0 bridgehead atoms. The highest BCUT2D eigenvalue weighted by Crippen LogP contribution is 2.47. The van der Waals surface area contributed by atoms with Crippen LogP contribution in [-0.2, 0) is 14.8 Å². The number of carbonyl (C=O) groups is 1. The van der Waals surface area contributed by atoms with Crippen LogP contribution in [0.15, 0.2) is 29.2 Å². The maximum absolute atomic E-state index is 12.1. The summed E-state index contributed by atoms with van der Waals surface area (Å²) in [5.74, 6) is -1.10. The zero-order chi connectivity index (χ0) is 16.3. The van der Waals surface area contributed by atoms with Gasteiger partial charge in [0.2, 0.25) is 10.0 Å². The summed E-state index contributed by atoms with van der Waals surface area (Å²) >= 11 is 0. The molecule has 0 saturated heterocycles. The molecule has 1 fully saturated rings. The molecule has 0 aliphatic heterocycles. The molecule has 22 heavy (non-hydrogen) atoms. The summed E-state index contributed by atoms with van der Waals surface area (Å²) in [6.45, 7) is 1.21. The fourth-order valence-corrected chi connectivity index (χ4v) is 3.49. The molecule has 0 aromatic heterocycles. The van der Waals surface area contributed by atoms with Gasteiger partial charge in [-0.2, -0.15) is 0 Å². The molecule has 2 N–H and O–H groups in total. The lowest BCUT2D eigenvalue weighted by molar-refractivity contribution is -0.138. The first kappa shape index (κ1) is 16.9.